The molecule has 0 aliphatic heterocycles. The predicted molar refractivity (Wildman–Crippen MR) is 76.4 cm³/mol. The van der Waals surface area contributed by atoms with E-state index in [9.17, 15) is 15.0 Å². The largest absolute Gasteiger partial charge is 0.508 e. The van der Waals surface area contributed by atoms with Crippen LogP contribution in [0.3, 0.4) is 0 Å². The lowest BCUT2D eigenvalue weighted by Crippen LogP contribution is -2.26. The first-order valence-electron chi connectivity index (χ1n) is 6.08. The lowest BCUT2D eigenvalue weighted by atomic mass is 10.1. The van der Waals surface area contributed by atoms with E-state index in [1.165, 1.54) is 23.1 Å². The lowest BCUT2D eigenvalue weighted by molar-refractivity contribution is 0.0784. The number of benzene rings is 2. The Labute approximate surface area is 116 Å². The van der Waals surface area contributed by atoms with Crippen molar-refractivity contribution >= 4 is 11.6 Å². The molecular weight excluding hydrogens is 256 g/mol. The minimum atomic E-state index is -0.284. The second-order valence-electron chi connectivity index (χ2n) is 4.64. The molecule has 0 spiro atoms. The van der Waals surface area contributed by atoms with E-state index in [0.717, 1.165) is 5.56 Å². The molecule has 0 saturated heterocycles. The molecular formula is C15H16N2O3. The number of phenolic OH excluding ortho intramolecular Hbond substituents is 2. The quantitative estimate of drug-likeness (QED) is 0.745. The van der Waals surface area contributed by atoms with Crippen LogP contribution in [0.15, 0.2) is 42.5 Å². The molecule has 5 heteroatoms. The second kappa shape index (κ2) is 5.52. The van der Waals surface area contributed by atoms with Crippen LogP contribution in [0.25, 0.3) is 0 Å². The number of hydrogen-bond acceptors (Lipinski definition) is 4. The topological polar surface area (TPSA) is 86.8 Å². The number of carbonyl (C=O) groups is 1. The van der Waals surface area contributed by atoms with E-state index in [0.29, 0.717) is 12.2 Å². The van der Waals surface area contributed by atoms with Gasteiger partial charge in [0.05, 0.1) is 0 Å². The van der Waals surface area contributed by atoms with Gasteiger partial charge in [-0.15, -0.1) is 0 Å². The molecule has 2 rings (SSSR count). The van der Waals surface area contributed by atoms with Crippen LogP contribution in [-0.4, -0.2) is 28.1 Å². The fourth-order valence-corrected chi connectivity index (χ4v) is 1.91. The van der Waals surface area contributed by atoms with Crippen LogP contribution in [0.4, 0.5) is 5.69 Å². The molecule has 0 radical (unpaired) electrons. The maximum absolute atomic E-state index is 12.2. The van der Waals surface area contributed by atoms with Gasteiger partial charge in [0.15, 0.2) is 0 Å². The number of amides is 1. The van der Waals surface area contributed by atoms with Gasteiger partial charge < -0.3 is 20.8 Å². The standard InChI is InChI=1S/C15H16N2O3/c1-17(9-10-2-4-12(16)5-3-10)15(20)11-6-13(18)8-14(19)7-11/h2-8,18-19H,9,16H2,1H3. The summed E-state index contributed by atoms with van der Waals surface area (Å²) >= 11 is 0. The second-order valence-corrected chi connectivity index (χ2v) is 4.64. The summed E-state index contributed by atoms with van der Waals surface area (Å²) in [5.41, 5.74) is 7.45. The van der Waals surface area contributed by atoms with Crippen molar-refractivity contribution in [3.05, 3.63) is 53.6 Å². The third kappa shape index (κ3) is 3.20. The van der Waals surface area contributed by atoms with Gasteiger partial charge in [-0.2, -0.15) is 0 Å². The van der Waals surface area contributed by atoms with Crippen LogP contribution in [0.2, 0.25) is 0 Å². The number of hydrogen-bond donors (Lipinski definition) is 3. The first-order chi connectivity index (χ1) is 9.45. The fourth-order valence-electron chi connectivity index (χ4n) is 1.91. The normalized spacial score (nSPS) is 10.2. The van der Waals surface area contributed by atoms with Gasteiger partial charge >= 0.3 is 0 Å². The van der Waals surface area contributed by atoms with Crippen molar-refractivity contribution in [1.82, 2.24) is 4.90 Å². The first-order valence-corrected chi connectivity index (χ1v) is 6.08. The van der Waals surface area contributed by atoms with Crippen LogP contribution in [-0.2, 0) is 6.54 Å². The van der Waals surface area contributed by atoms with Crippen LogP contribution in [0.5, 0.6) is 11.5 Å². The van der Waals surface area contributed by atoms with E-state index < -0.39 is 0 Å². The molecule has 0 aliphatic rings. The highest BCUT2D eigenvalue weighted by atomic mass is 16.3. The van der Waals surface area contributed by atoms with Gasteiger partial charge in [-0.05, 0) is 29.8 Å². The first kappa shape index (κ1) is 13.7. The maximum Gasteiger partial charge on any atom is 0.254 e. The van der Waals surface area contributed by atoms with E-state index in [1.54, 1.807) is 19.2 Å². The summed E-state index contributed by atoms with van der Waals surface area (Å²) in [6.45, 7) is 0.412. The van der Waals surface area contributed by atoms with Crippen LogP contribution in [0.1, 0.15) is 15.9 Å². The number of nitrogens with zero attached hydrogens (tertiary/aromatic N) is 1. The number of rotatable bonds is 3. The lowest BCUT2D eigenvalue weighted by Gasteiger charge is -2.17. The highest BCUT2D eigenvalue weighted by molar-refractivity contribution is 5.94. The van der Waals surface area contributed by atoms with Gasteiger partial charge in [0.25, 0.3) is 5.91 Å². The zero-order valence-corrected chi connectivity index (χ0v) is 11.1. The minimum Gasteiger partial charge on any atom is -0.508 e. The molecule has 0 atom stereocenters. The van der Waals surface area contributed by atoms with Crippen molar-refractivity contribution in [2.45, 2.75) is 6.54 Å². The molecule has 4 N–H and O–H groups in total. The highest BCUT2D eigenvalue weighted by Gasteiger charge is 2.13. The van der Waals surface area contributed by atoms with Crippen molar-refractivity contribution in [3.63, 3.8) is 0 Å². The molecule has 0 bridgehead atoms. The molecule has 0 saturated carbocycles. The SMILES string of the molecule is CN(Cc1ccc(N)cc1)C(=O)c1cc(O)cc(O)c1. The van der Waals surface area contributed by atoms with Crippen LogP contribution >= 0.6 is 0 Å². The fraction of sp³-hybridized carbons (Fsp3) is 0.133. The van der Waals surface area contributed by atoms with E-state index in [-0.39, 0.29) is 23.0 Å². The third-order valence-electron chi connectivity index (χ3n) is 2.90. The Balaban J connectivity index is 2.14. The van der Waals surface area contributed by atoms with Crippen molar-refractivity contribution in [2.75, 3.05) is 12.8 Å². The Morgan fingerprint density at radius 1 is 1.10 bits per heavy atom. The molecule has 0 aromatic heterocycles. The Bertz CT molecular complexity index is 603. The van der Waals surface area contributed by atoms with Crippen molar-refractivity contribution < 1.29 is 15.0 Å². The molecule has 0 heterocycles. The summed E-state index contributed by atoms with van der Waals surface area (Å²) in [7, 11) is 1.65. The van der Waals surface area contributed by atoms with Crippen molar-refractivity contribution in [3.8, 4) is 11.5 Å². The molecule has 20 heavy (non-hydrogen) atoms. The average molecular weight is 272 g/mol. The third-order valence-corrected chi connectivity index (χ3v) is 2.90. The number of phenols is 2. The smallest absolute Gasteiger partial charge is 0.254 e. The molecule has 5 nitrogen and oxygen atoms in total. The van der Waals surface area contributed by atoms with E-state index in [1.807, 2.05) is 12.1 Å². The number of carbonyl (C=O) groups excluding carboxylic acids is 1. The van der Waals surface area contributed by atoms with Gasteiger partial charge in [0, 0.05) is 30.9 Å². The maximum atomic E-state index is 12.2. The highest BCUT2D eigenvalue weighted by Crippen LogP contribution is 2.21. The molecule has 104 valence electrons. The zero-order valence-electron chi connectivity index (χ0n) is 11.1. The monoisotopic (exact) mass is 272 g/mol. The Morgan fingerprint density at radius 3 is 2.20 bits per heavy atom. The summed E-state index contributed by atoms with van der Waals surface area (Å²) < 4.78 is 0. The zero-order chi connectivity index (χ0) is 14.7. The predicted octanol–water partition coefficient (Wildman–Crippen LogP) is 1.95. The van der Waals surface area contributed by atoms with Crippen LogP contribution < -0.4 is 5.73 Å². The number of aromatic hydroxyl groups is 2. The Morgan fingerprint density at radius 2 is 1.65 bits per heavy atom. The van der Waals surface area contributed by atoms with Gasteiger partial charge in [-0.3, -0.25) is 4.79 Å². The van der Waals surface area contributed by atoms with Gasteiger partial charge in [0.1, 0.15) is 11.5 Å². The molecule has 2 aromatic rings. The summed E-state index contributed by atoms with van der Waals surface area (Å²) in [6, 6.07) is 11.1. The van der Waals surface area contributed by atoms with E-state index >= 15 is 0 Å². The van der Waals surface area contributed by atoms with E-state index in [4.69, 9.17) is 5.73 Å². The molecule has 0 fully saturated rings. The number of nitrogens with two attached hydrogens (primary N) is 1. The average Bonchev–Trinajstić information content (AvgIpc) is 2.39. The Kier molecular flexibility index (Phi) is 3.79. The van der Waals surface area contributed by atoms with Crippen molar-refractivity contribution in [1.29, 1.82) is 0 Å². The van der Waals surface area contributed by atoms with E-state index in [2.05, 4.69) is 0 Å². The molecule has 0 unspecified atom stereocenters. The van der Waals surface area contributed by atoms with Gasteiger partial charge in [0.2, 0.25) is 0 Å². The summed E-state index contributed by atoms with van der Waals surface area (Å²) in [6.07, 6.45) is 0. The summed E-state index contributed by atoms with van der Waals surface area (Å²) in [4.78, 5) is 13.7. The molecule has 0 aliphatic carbocycles. The molecule has 2 aromatic carbocycles. The molecule has 1 amide bonds. The summed E-state index contributed by atoms with van der Waals surface area (Å²) in [5, 5.41) is 18.8. The van der Waals surface area contributed by atoms with Gasteiger partial charge in [-0.25, -0.2) is 0 Å². The number of nitrogen functional groups attached to an aromatic ring is 1. The van der Waals surface area contributed by atoms with Gasteiger partial charge in [-0.1, -0.05) is 12.1 Å². The summed E-state index contributed by atoms with van der Waals surface area (Å²) in [5.74, 6) is -0.573. The Hall–Kier alpha value is -2.69. The van der Waals surface area contributed by atoms with Crippen molar-refractivity contribution in [2.24, 2.45) is 0 Å². The van der Waals surface area contributed by atoms with Crippen LogP contribution in [0, 0.1) is 0 Å². The number of anilines is 1. The minimum absolute atomic E-state index is 0.144.